The number of hydrogen-bond donors (Lipinski definition) is 1. The van der Waals surface area contributed by atoms with Gasteiger partial charge in [0.25, 0.3) is 0 Å². The molecule has 0 aromatic carbocycles. The molecule has 0 radical (unpaired) electrons. The summed E-state index contributed by atoms with van der Waals surface area (Å²) in [4.78, 5) is 0. The molecular formula is C7H14ClF2N. The zero-order chi connectivity index (χ0) is 7.61. The van der Waals surface area contributed by atoms with Gasteiger partial charge in [0.05, 0.1) is 0 Å². The molecule has 1 fully saturated rings. The van der Waals surface area contributed by atoms with E-state index in [1.807, 2.05) is 0 Å². The summed E-state index contributed by atoms with van der Waals surface area (Å²) < 4.78 is 25.1. The summed E-state index contributed by atoms with van der Waals surface area (Å²) in [5.74, 6) is -2.94. The molecule has 1 heterocycles. The van der Waals surface area contributed by atoms with Crippen LogP contribution >= 0.6 is 12.4 Å². The lowest BCUT2D eigenvalue weighted by Crippen LogP contribution is -2.38. The van der Waals surface area contributed by atoms with Crippen LogP contribution in [0.2, 0.25) is 0 Å². The van der Waals surface area contributed by atoms with Gasteiger partial charge in [-0.3, -0.25) is 0 Å². The maximum atomic E-state index is 12.6. The Labute approximate surface area is 72.0 Å². The molecule has 1 aliphatic rings. The molecule has 0 saturated carbocycles. The maximum Gasteiger partial charge on any atom is 0.249 e. The molecule has 0 aliphatic carbocycles. The molecule has 0 bridgehead atoms. The number of alkyl halides is 2. The van der Waals surface area contributed by atoms with Gasteiger partial charge < -0.3 is 5.32 Å². The topological polar surface area (TPSA) is 12.0 Å². The fraction of sp³-hybridized carbons (Fsp3) is 1.00. The van der Waals surface area contributed by atoms with Crippen LogP contribution in [0.5, 0.6) is 0 Å². The predicted molar refractivity (Wildman–Crippen MR) is 43.5 cm³/mol. The van der Waals surface area contributed by atoms with Crippen molar-refractivity contribution in [2.75, 3.05) is 13.1 Å². The van der Waals surface area contributed by atoms with E-state index in [9.17, 15) is 8.78 Å². The summed E-state index contributed by atoms with van der Waals surface area (Å²) in [5.41, 5.74) is 0. The van der Waals surface area contributed by atoms with Crippen molar-refractivity contribution in [3.05, 3.63) is 0 Å². The number of rotatable bonds is 1. The average Bonchev–Trinajstić information content (AvgIpc) is 1.88. The SMILES string of the molecule is CC(F)(F)C1CCCNC1.Cl. The van der Waals surface area contributed by atoms with Crippen molar-refractivity contribution in [2.24, 2.45) is 5.92 Å². The van der Waals surface area contributed by atoms with Gasteiger partial charge in [-0.05, 0) is 26.3 Å². The van der Waals surface area contributed by atoms with Crippen LogP contribution in [0, 0.1) is 5.92 Å². The van der Waals surface area contributed by atoms with Crippen LogP contribution in [0.25, 0.3) is 0 Å². The lowest BCUT2D eigenvalue weighted by molar-refractivity contribution is -0.0474. The van der Waals surface area contributed by atoms with E-state index in [1.54, 1.807) is 0 Å². The first-order valence-corrected chi connectivity index (χ1v) is 3.69. The third-order valence-electron chi connectivity index (χ3n) is 2.01. The third kappa shape index (κ3) is 3.34. The fourth-order valence-corrected chi connectivity index (χ4v) is 1.28. The standard InChI is InChI=1S/C7H13F2N.ClH/c1-7(8,9)6-3-2-4-10-5-6;/h6,10H,2-5H2,1H3;1H. The van der Waals surface area contributed by atoms with E-state index in [0.717, 1.165) is 19.9 Å². The van der Waals surface area contributed by atoms with E-state index in [2.05, 4.69) is 5.32 Å². The Balaban J connectivity index is 0.000001000. The second-order valence-electron chi connectivity index (χ2n) is 3.00. The van der Waals surface area contributed by atoms with E-state index in [4.69, 9.17) is 0 Å². The molecule has 4 heteroatoms. The summed E-state index contributed by atoms with van der Waals surface area (Å²) in [5, 5.41) is 2.96. The van der Waals surface area contributed by atoms with Gasteiger partial charge in [-0.1, -0.05) is 0 Å². The Morgan fingerprint density at radius 3 is 2.36 bits per heavy atom. The Hall–Kier alpha value is 0.110. The zero-order valence-corrected chi connectivity index (χ0v) is 7.39. The molecular weight excluding hydrogens is 172 g/mol. The largest absolute Gasteiger partial charge is 0.316 e. The van der Waals surface area contributed by atoms with Crippen LogP contribution in [0.1, 0.15) is 19.8 Å². The van der Waals surface area contributed by atoms with E-state index in [1.165, 1.54) is 0 Å². The highest BCUT2D eigenvalue weighted by molar-refractivity contribution is 5.85. The van der Waals surface area contributed by atoms with Crippen molar-refractivity contribution in [3.63, 3.8) is 0 Å². The minimum atomic E-state index is -2.49. The van der Waals surface area contributed by atoms with Crippen molar-refractivity contribution >= 4 is 12.4 Å². The average molecular weight is 186 g/mol. The van der Waals surface area contributed by atoms with Gasteiger partial charge in [-0.2, -0.15) is 0 Å². The first-order chi connectivity index (χ1) is 4.61. The molecule has 0 aromatic heterocycles. The number of hydrogen-bond acceptors (Lipinski definition) is 1. The molecule has 0 aromatic rings. The lowest BCUT2D eigenvalue weighted by atomic mass is 9.94. The molecule has 1 unspecified atom stereocenters. The van der Waals surface area contributed by atoms with Crippen molar-refractivity contribution in [2.45, 2.75) is 25.7 Å². The van der Waals surface area contributed by atoms with Crippen LogP contribution in [-0.4, -0.2) is 19.0 Å². The third-order valence-corrected chi connectivity index (χ3v) is 2.01. The monoisotopic (exact) mass is 185 g/mol. The van der Waals surface area contributed by atoms with Crippen LogP contribution in [0.3, 0.4) is 0 Å². The van der Waals surface area contributed by atoms with Gasteiger partial charge in [0.15, 0.2) is 0 Å². The Morgan fingerprint density at radius 1 is 1.45 bits per heavy atom. The molecule has 1 rings (SSSR count). The summed E-state index contributed by atoms with van der Waals surface area (Å²) in [6.45, 7) is 2.38. The highest BCUT2D eigenvalue weighted by Gasteiger charge is 2.34. The summed E-state index contributed by atoms with van der Waals surface area (Å²) in [6, 6.07) is 0. The minimum Gasteiger partial charge on any atom is -0.316 e. The number of halogens is 3. The molecule has 68 valence electrons. The van der Waals surface area contributed by atoms with E-state index in [0.29, 0.717) is 13.0 Å². The van der Waals surface area contributed by atoms with Crippen LogP contribution in [0.15, 0.2) is 0 Å². The van der Waals surface area contributed by atoms with Gasteiger partial charge in [-0.15, -0.1) is 12.4 Å². The first kappa shape index (κ1) is 11.1. The van der Waals surface area contributed by atoms with Gasteiger partial charge in [0.2, 0.25) is 5.92 Å². The van der Waals surface area contributed by atoms with Gasteiger partial charge >= 0.3 is 0 Å². The Bertz CT molecular complexity index is 107. The van der Waals surface area contributed by atoms with Crippen molar-refractivity contribution in [1.82, 2.24) is 5.32 Å². The molecule has 0 spiro atoms. The van der Waals surface area contributed by atoms with Crippen LogP contribution in [0.4, 0.5) is 8.78 Å². The van der Waals surface area contributed by atoms with Crippen molar-refractivity contribution in [3.8, 4) is 0 Å². The van der Waals surface area contributed by atoms with E-state index < -0.39 is 11.8 Å². The molecule has 1 nitrogen and oxygen atoms in total. The van der Waals surface area contributed by atoms with Gasteiger partial charge in [0, 0.05) is 12.5 Å². The predicted octanol–water partition coefficient (Wildman–Crippen LogP) is 2.06. The van der Waals surface area contributed by atoms with Gasteiger partial charge in [0.1, 0.15) is 0 Å². The summed E-state index contributed by atoms with van der Waals surface area (Å²) in [7, 11) is 0. The molecule has 1 N–H and O–H groups in total. The molecule has 11 heavy (non-hydrogen) atoms. The zero-order valence-electron chi connectivity index (χ0n) is 6.57. The normalized spacial score (nSPS) is 25.9. The highest BCUT2D eigenvalue weighted by atomic mass is 35.5. The maximum absolute atomic E-state index is 12.6. The number of nitrogens with one attached hydrogen (secondary N) is 1. The molecule has 1 saturated heterocycles. The van der Waals surface area contributed by atoms with Crippen molar-refractivity contribution in [1.29, 1.82) is 0 Å². The smallest absolute Gasteiger partial charge is 0.249 e. The highest BCUT2D eigenvalue weighted by Crippen LogP contribution is 2.28. The Kier molecular flexibility index (Phi) is 4.26. The first-order valence-electron chi connectivity index (χ1n) is 3.69. The second kappa shape index (κ2) is 4.21. The van der Waals surface area contributed by atoms with Crippen molar-refractivity contribution < 1.29 is 8.78 Å². The molecule has 0 amide bonds. The summed E-state index contributed by atoms with van der Waals surface area (Å²) in [6.07, 6.45) is 1.55. The quantitative estimate of drug-likeness (QED) is 0.660. The van der Waals surface area contributed by atoms with Crippen LogP contribution in [-0.2, 0) is 0 Å². The molecule has 1 atom stereocenters. The lowest BCUT2D eigenvalue weighted by Gasteiger charge is -2.27. The van der Waals surface area contributed by atoms with Gasteiger partial charge in [-0.25, -0.2) is 8.78 Å². The van der Waals surface area contributed by atoms with Crippen LogP contribution < -0.4 is 5.32 Å². The minimum absolute atomic E-state index is 0. The van der Waals surface area contributed by atoms with E-state index >= 15 is 0 Å². The Morgan fingerprint density at radius 2 is 2.09 bits per heavy atom. The molecule has 1 aliphatic heterocycles. The number of piperidine rings is 1. The van der Waals surface area contributed by atoms with E-state index in [-0.39, 0.29) is 12.4 Å². The second-order valence-corrected chi connectivity index (χ2v) is 3.00. The fourth-order valence-electron chi connectivity index (χ4n) is 1.28. The summed E-state index contributed by atoms with van der Waals surface area (Å²) >= 11 is 0.